The third-order valence-electron chi connectivity index (χ3n) is 5.47. The van der Waals surface area contributed by atoms with Crippen molar-refractivity contribution in [2.75, 3.05) is 27.2 Å². The molecule has 1 unspecified atom stereocenters. The van der Waals surface area contributed by atoms with Gasteiger partial charge in [0.25, 0.3) is 0 Å². The van der Waals surface area contributed by atoms with Crippen LogP contribution in [-0.2, 0) is 6.54 Å². The first-order chi connectivity index (χ1) is 12.0. The van der Waals surface area contributed by atoms with E-state index in [2.05, 4.69) is 60.1 Å². The summed E-state index contributed by atoms with van der Waals surface area (Å²) in [5.41, 5.74) is 3.96. The number of aromatic nitrogens is 1. The van der Waals surface area contributed by atoms with Crippen molar-refractivity contribution in [3.63, 3.8) is 0 Å². The first-order valence-electron chi connectivity index (χ1n) is 9.19. The van der Waals surface area contributed by atoms with Gasteiger partial charge in [0.1, 0.15) is 0 Å². The van der Waals surface area contributed by atoms with E-state index in [0.29, 0.717) is 12.0 Å². The van der Waals surface area contributed by atoms with Gasteiger partial charge < -0.3 is 9.88 Å². The van der Waals surface area contributed by atoms with E-state index in [1.807, 2.05) is 6.07 Å². The zero-order valence-corrected chi connectivity index (χ0v) is 15.5. The van der Waals surface area contributed by atoms with Crippen LogP contribution in [0.15, 0.2) is 47.4 Å². The predicted molar refractivity (Wildman–Crippen MR) is 103 cm³/mol. The molecule has 1 fully saturated rings. The Kier molecular flexibility index (Phi) is 5.71. The monoisotopic (exact) mass is 339 g/mol. The van der Waals surface area contributed by atoms with Crippen LogP contribution < -0.4 is 5.56 Å². The van der Waals surface area contributed by atoms with Crippen molar-refractivity contribution >= 4 is 0 Å². The molecule has 0 radical (unpaired) electrons. The van der Waals surface area contributed by atoms with Crippen LogP contribution in [0.3, 0.4) is 0 Å². The van der Waals surface area contributed by atoms with Gasteiger partial charge in [-0.2, -0.15) is 0 Å². The summed E-state index contributed by atoms with van der Waals surface area (Å²) in [7, 11) is 4.24. The minimum absolute atomic E-state index is 0.00626. The fourth-order valence-electron chi connectivity index (χ4n) is 3.65. The van der Waals surface area contributed by atoms with Crippen molar-refractivity contribution in [2.45, 2.75) is 38.3 Å². The number of hydrogen-bond donors (Lipinski definition) is 1. The highest BCUT2D eigenvalue weighted by Crippen LogP contribution is 2.28. The van der Waals surface area contributed by atoms with Crippen molar-refractivity contribution in [3.8, 4) is 0 Å². The van der Waals surface area contributed by atoms with Crippen LogP contribution in [0.25, 0.3) is 0 Å². The molecular formula is C21H29N3O. The fourth-order valence-corrected chi connectivity index (χ4v) is 3.65. The van der Waals surface area contributed by atoms with Crippen molar-refractivity contribution < 1.29 is 0 Å². The maximum absolute atomic E-state index is 11.5. The number of likely N-dealkylation sites (tertiary alicyclic amines) is 1. The molecule has 3 rings (SSSR count). The van der Waals surface area contributed by atoms with Gasteiger partial charge in [0.15, 0.2) is 0 Å². The first-order valence-corrected chi connectivity index (χ1v) is 9.19. The van der Waals surface area contributed by atoms with Crippen molar-refractivity contribution in [1.82, 2.24) is 14.8 Å². The highest BCUT2D eigenvalue weighted by Gasteiger charge is 2.21. The fraction of sp³-hybridized carbons (Fsp3) is 0.476. The van der Waals surface area contributed by atoms with Crippen LogP contribution in [0.5, 0.6) is 0 Å². The molecule has 1 aromatic carbocycles. The van der Waals surface area contributed by atoms with Crippen molar-refractivity contribution in [2.24, 2.45) is 0 Å². The van der Waals surface area contributed by atoms with E-state index in [-0.39, 0.29) is 5.56 Å². The first kappa shape index (κ1) is 17.9. The van der Waals surface area contributed by atoms with E-state index in [1.54, 1.807) is 12.3 Å². The van der Waals surface area contributed by atoms with Gasteiger partial charge in [0.2, 0.25) is 5.56 Å². The zero-order chi connectivity index (χ0) is 17.8. The SMILES string of the molecule is CC(c1cccc(CN2CCC(c3cc[nH]c(=O)c3)CC2)c1)N(C)C. The molecule has 1 aromatic heterocycles. The lowest BCUT2D eigenvalue weighted by atomic mass is 9.90. The number of rotatable bonds is 5. The minimum Gasteiger partial charge on any atom is -0.329 e. The van der Waals surface area contributed by atoms with E-state index in [1.165, 1.54) is 16.7 Å². The maximum atomic E-state index is 11.5. The van der Waals surface area contributed by atoms with Crippen LogP contribution in [0.2, 0.25) is 0 Å². The molecule has 25 heavy (non-hydrogen) atoms. The smallest absolute Gasteiger partial charge is 0.248 e. The Bertz CT molecular complexity index is 745. The third kappa shape index (κ3) is 4.59. The van der Waals surface area contributed by atoms with Gasteiger partial charge >= 0.3 is 0 Å². The Morgan fingerprint density at radius 2 is 1.96 bits per heavy atom. The number of H-pyrrole nitrogens is 1. The average molecular weight is 339 g/mol. The number of aromatic amines is 1. The summed E-state index contributed by atoms with van der Waals surface area (Å²) in [6.45, 7) is 5.43. The van der Waals surface area contributed by atoms with Gasteiger partial charge in [-0.1, -0.05) is 24.3 Å². The second-order valence-electron chi connectivity index (χ2n) is 7.42. The quantitative estimate of drug-likeness (QED) is 0.908. The van der Waals surface area contributed by atoms with E-state index >= 15 is 0 Å². The molecule has 0 aliphatic carbocycles. The Morgan fingerprint density at radius 3 is 2.64 bits per heavy atom. The highest BCUT2D eigenvalue weighted by molar-refractivity contribution is 5.26. The van der Waals surface area contributed by atoms with Gasteiger partial charge in [0, 0.05) is 24.8 Å². The van der Waals surface area contributed by atoms with Gasteiger partial charge in [-0.3, -0.25) is 9.69 Å². The lowest BCUT2D eigenvalue weighted by Crippen LogP contribution is -2.32. The second-order valence-corrected chi connectivity index (χ2v) is 7.42. The molecule has 0 amide bonds. The van der Waals surface area contributed by atoms with Crippen LogP contribution in [0.1, 0.15) is 48.4 Å². The molecule has 4 heteroatoms. The summed E-state index contributed by atoms with van der Waals surface area (Å²) >= 11 is 0. The number of nitrogens with one attached hydrogen (secondary N) is 1. The molecule has 1 saturated heterocycles. The zero-order valence-electron chi connectivity index (χ0n) is 15.5. The van der Waals surface area contributed by atoms with Crippen LogP contribution in [0, 0.1) is 0 Å². The van der Waals surface area contributed by atoms with Crippen LogP contribution >= 0.6 is 0 Å². The summed E-state index contributed by atoms with van der Waals surface area (Å²) < 4.78 is 0. The molecule has 1 atom stereocenters. The molecule has 2 aromatic rings. The summed E-state index contributed by atoms with van der Waals surface area (Å²) in [5.74, 6) is 0.513. The van der Waals surface area contributed by atoms with E-state index < -0.39 is 0 Å². The summed E-state index contributed by atoms with van der Waals surface area (Å²) in [6.07, 6.45) is 4.01. The Morgan fingerprint density at radius 1 is 1.20 bits per heavy atom. The number of benzene rings is 1. The molecule has 1 N–H and O–H groups in total. The number of nitrogens with zero attached hydrogens (tertiary/aromatic N) is 2. The normalized spacial score (nSPS) is 17.8. The van der Waals surface area contributed by atoms with Crippen LogP contribution in [-0.4, -0.2) is 42.0 Å². The maximum Gasteiger partial charge on any atom is 0.248 e. The van der Waals surface area contributed by atoms with E-state index in [0.717, 1.165) is 32.5 Å². The predicted octanol–water partition coefficient (Wildman–Crippen LogP) is 3.38. The largest absolute Gasteiger partial charge is 0.329 e. The number of hydrogen-bond acceptors (Lipinski definition) is 3. The molecular weight excluding hydrogens is 310 g/mol. The summed E-state index contributed by atoms with van der Waals surface area (Å²) in [5, 5.41) is 0. The van der Waals surface area contributed by atoms with Crippen molar-refractivity contribution in [1.29, 1.82) is 0 Å². The Hall–Kier alpha value is -1.91. The number of pyridine rings is 1. The highest BCUT2D eigenvalue weighted by atomic mass is 16.1. The molecule has 1 aliphatic rings. The average Bonchev–Trinajstić information content (AvgIpc) is 2.62. The van der Waals surface area contributed by atoms with Gasteiger partial charge in [-0.15, -0.1) is 0 Å². The standard InChI is InChI=1S/C21H29N3O/c1-16(23(2)3)19-6-4-5-17(13-19)15-24-11-8-18(9-12-24)20-7-10-22-21(25)14-20/h4-7,10,13-14,16,18H,8-9,11-12,15H2,1-3H3,(H,22,25). The summed E-state index contributed by atoms with van der Waals surface area (Å²) in [4.78, 5) is 19.0. The Labute approximate surface area is 150 Å². The van der Waals surface area contributed by atoms with Crippen molar-refractivity contribution in [3.05, 3.63) is 69.6 Å². The van der Waals surface area contributed by atoms with Gasteiger partial charge in [-0.05, 0) is 75.6 Å². The number of piperidine rings is 1. The molecule has 134 valence electrons. The molecule has 2 heterocycles. The van der Waals surface area contributed by atoms with Crippen LogP contribution in [0.4, 0.5) is 0 Å². The molecule has 1 aliphatic heterocycles. The lowest BCUT2D eigenvalue weighted by Gasteiger charge is -2.32. The molecule has 0 saturated carbocycles. The third-order valence-corrected chi connectivity index (χ3v) is 5.47. The lowest BCUT2D eigenvalue weighted by molar-refractivity contribution is 0.204. The van der Waals surface area contributed by atoms with E-state index in [4.69, 9.17) is 0 Å². The van der Waals surface area contributed by atoms with E-state index in [9.17, 15) is 4.79 Å². The molecule has 0 spiro atoms. The topological polar surface area (TPSA) is 39.3 Å². The van der Waals surface area contributed by atoms with Gasteiger partial charge in [0.05, 0.1) is 0 Å². The minimum atomic E-state index is 0.00626. The molecule has 0 bridgehead atoms. The Balaban J connectivity index is 1.59. The second kappa shape index (κ2) is 7.98. The van der Waals surface area contributed by atoms with Gasteiger partial charge in [-0.25, -0.2) is 0 Å². The summed E-state index contributed by atoms with van der Waals surface area (Å²) in [6, 6.07) is 13.2. The molecule has 4 nitrogen and oxygen atoms in total.